The molecule has 6 rings (SSSR count). The number of anilines is 2. The molecule has 202 valence electrons. The number of carbonyl (C=O) groups is 3. The van der Waals surface area contributed by atoms with Gasteiger partial charge in [0.2, 0.25) is 17.7 Å². The van der Waals surface area contributed by atoms with E-state index in [9.17, 15) is 28.0 Å². The van der Waals surface area contributed by atoms with Crippen molar-refractivity contribution in [3.8, 4) is 0 Å². The van der Waals surface area contributed by atoms with Crippen molar-refractivity contribution in [1.82, 2.24) is 4.57 Å². The number of fused-ring (bicyclic) bond motifs is 2. The first kappa shape index (κ1) is 26.1. The van der Waals surface area contributed by atoms with Crippen LogP contribution in [0.1, 0.15) is 21.9 Å². The summed E-state index contributed by atoms with van der Waals surface area (Å²) in [6, 6.07) is 18.0. The van der Waals surface area contributed by atoms with E-state index in [1.54, 1.807) is 24.3 Å². The van der Waals surface area contributed by atoms with Gasteiger partial charge in [0.15, 0.2) is 0 Å². The fourth-order valence-electron chi connectivity index (χ4n) is 5.11. The molecule has 4 aromatic rings. The van der Waals surface area contributed by atoms with E-state index in [4.69, 9.17) is 0 Å². The van der Waals surface area contributed by atoms with Crippen LogP contribution < -0.4 is 15.1 Å². The van der Waals surface area contributed by atoms with Crippen LogP contribution in [0.5, 0.6) is 0 Å². The lowest BCUT2D eigenvalue weighted by atomic mass is 9.83. The summed E-state index contributed by atoms with van der Waals surface area (Å²) in [6.07, 6.45) is 0. The number of halogens is 2. The van der Waals surface area contributed by atoms with Crippen molar-refractivity contribution < 1.29 is 23.2 Å². The Hall–Kier alpha value is -4.09. The summed E-state index contributed by atoms with van der Waals surface area (Å²) < 4.78 is 28.4. The molecule has 1 N–H and O–H groups in total. The van der Waals surface area contributed by atoms with E-state index in [0.29, 0.717) is 26.8 Å². The van der Waals surface area contributed by atoms with E-state index in [-0.39, 0.29) is 6.54 Å². The van der Waals surface area contributed by atoms with Gasteiger partial charge in [0.1, 0.15) is 23.4 Å². The minimum absolute atomic E-state index is 0.341. The van der Waals surface area contributed by atoms with E-state index >= 15 is 0 Å². The first-order valence-electron chi connectivity index (χ1n) is 12.4. The summed E-state index contributed by atoms with van der Waals surface area (Å²) in [5.74, 6) is -3.73. The molecule has 3 aromatic carbocycles. The Kier molecular flexibility index (Phi) is 6.63. The molecule has 2 aliphatic rings. The number of thioether (sulfide) groups is 1. The van der Waals surface area contributed by atoms with E-state index in [2.05, 4.69) is 5.32 Å². The molecule has 2 aliphatic heterocycles. The number of amides is 3. The average molecular weight is 578 g/mol. The molecule has 0 saturated carbocycles. The summed E-state index contributed by atoms with van der Waals surface area (Å²) in [4.78, 5) is 54.9. The number of benzene rings is 3. The number of nitrogens with one attached hydrogen (secondary N) is 1. The Morgan fingerprint density at radius 2 is 1.50 bits per heavy atom. The van der Waals surface area contributed by atoms with Crippen LogP contribution in [0.25, 0.3) is 0 Å². The van der Waals surface area contributed by atoms with Gasteiger partial charge in [-0.1, -0.05) is 52.9 Å². The first-order chi connectivity index (χ1) is 19.2. The van der Waals surface area contributed by atoms with Crippen molar-refractivity contribution in [1.29, 1.82) is 0 Å². The fourth-order valence-corrected chi connectivity index (χ4v) is 7.88. The number of aromatic nitrogens is 1. The van der Waals surface area contributed by atoms with Gasteiger partial charge < -0.3 is 5.32 Å². The number of hydrogen-bond donors (Lipinski definition) is 1. The average Bonchev–Trinajstić information content (AvgIpc) is 3.37. The van der Waals surface area contributed by atoms with Crippen molar-refractivity contribution in [3.05, 3.63) is 110 Å². The molecular formula is C29H21F2N3O4S2. The van der Waals surface area contributed by atoms with Crippen LogP contribution in [-0.4, -0.2) is 27.5 Å². The fraction of sp³-hybridized carbons (Fsp3) is 0.172. The number of nitrogens with zero attached hydrogens (tertiary/aromatic N) is 2. The Morgan fingerprint density at radius 3 is 2.15 bits per heavy atom. The van der Waals surface area contributed by atoms with Gasteiger partial charge in [-0.3, -0.25) is 23.7 Å². The normalized spacial score (nSPS) is 19.9. The van der Waals surface area contributed by atoms with Crippen LogP contribution in [-0.2, 0) is 20.9 Å². The third kappa shape index (κ3) is 4.54. The van der Waals surface area contributed by atoms with E-state index < -0.39 is 51.3 Å². The van der Waals surface area contributed by atoms with Gasteiger partial charge in [-0.25, -0.2) is 13.7 Å². The van der Waals surface area contributed by atoms with Gasteiger partial charge in [0.25, 0.3) is 0 Å². The van der Waals surface area contributed by atoms with Crippen LogP contribution in [0, 0.1) is 24.5 Å². The summed E-state index contributed by atoms with van der Waals surface area (Å²) in [5, 5.41) is 2.22. The van der Waals surface area contributed by atoms with Gasteiger partial charge in [-0.05, 0) is 61.0 Å². The van der Waals surface area contributed by atoms with Crippen molar-refractivity contribution in [2.45, 2.75) is 29.7 Å². The molecule has 1 aromatic heterocycles. The zero-order chi connectivity index (χ0) is 28.1. The van der Waals surface area contributed by atoms with Crippen LogP contribution in [0.4, 0.5) is 20.2 Å². The minimum Gasteiger partial charge on any atom is -0.325 e. The van der Waals surface area contributed by atoms with Gasteiger partial charge in [-0.15, -0.1) is 0 Å². The second kappa shape index (κ2) is 10.1. The largest absolute Gasteiger partial charge is 0.325 e. The Balaban J connectivity index is 1.40. The molecule has 11 heteroatoms. The molecule has 0 spiro atoms. The maximum absolute atomic E-state index is 13.8. The maximum atomic E-state index is 13.8. The van der Waals surface area contributed by atoms with Gasteiger partial charge in [-0.2, -0.15) is 0 Å². The number of rotatable bonds is 5. The molecule has 40 heavy (non-hydrogen) atoms. The predicted octanol–water partition coefficient (Wildman–Crippen LogP) is 4.93. The molecule has 0 aliphatic carbocycles. The molecule has 0 bridgehead atoms. The zero-order valence-electron chi connectivity index (χ0n) is 21.0. The van der Waals surface area contributed by atoms with Crippen molar-refractivity contribution >= 4 is 52.2 Å². The lowest BCUT2D eigenvalue weighted by Gasteiger charge is -2.30. The zero-order valence-corrected chi connectivity index (χ0v) is 22.6. The number of thiazole rings is 1. The number of carbonyl (C=O) groups excluding carboxylic acids is 3. The standard InChI is InChI=1S/C29H21F2N3O4S2/c1-15-2-12-20(13-3-15)34-26(36)23-22(16-4-6-17(30)7-5-16)25-28(39-24(23)27(34)37)33(29(38)40-25)14-21(35)32-19-10-8-18(31)9-11-19/h2-13,22-24H,14H2,1H3,(H,32,35). The van der Waals surface area contributed by atoms with E-state index in [1.807, 2.05) is 19.1 Å². The molecule has 1 saturated heterocycles. The van der Waals surface area contributed by atoms with Crippen LogP contribution >= 0.6 is 23.1 Å². The summed E-state index contributed by atoms with van der Waals surface area (Å²) in [7, 11) is 0. The summed E-state index contributed by atoms with van der Waals surface area (Å²) >= 11 is 2.00. The third-order valence-electron chi connectivity index (χ3n) is 7.00. The smallest absolute Gasteiger partial charge is 0.308 e. The number of hydrogen-bond acceptors (Lipinski definition) is 6. The highest BCUT2D eigenvalue weighted by atomic mass is 32.2. The molecular weight excluding hydrogens is 556 g/mol. The maximum Gasteiger partial charge on any atom is 0.308 e. The number of aryl methyl sites for hydroxylation is 1. The Morgan fingerprint density at radius 1 is 0.875 bits per heavy atom. The quantitative estimate of drug-likeness (QED) is 0.340. The highest BCUT2D eigenvalue weighted by Gasteiger charge is 2.56. The van der Waals surface area contributed by atoms with Crippen molar-refractivity contribution in [2.24, 2.45) is 5.92 Å². The van der Waals surface area contributed by atoms with Crippen molar-refractivity contribution in [3.63, 3.8) is 0 Å². The molecule has 3 atom stereocenters. The highest BCUT2D eigenvalue weighted by molar-refractivity contribution is 8.00. The van der Waals surface area contributed by atoms with Crippen molar-refractivity contribution in [2.75, 3.05) is 10.2 Å². The van der Waals surface area contributed by atoms with E-state index in [1.165, 1.54) is 45.9 Å². The summed E-state index contributed by atoms with van der Waals surface area (Å²) in [5.41, 5.74) is 2.39. The molecule has 3 amide bonds. The Bertz CT molecular complexity index is 1700. The first-order valence-corrected chi connectivity index (χ1v) is 14.1. The lowest BCUT2D eigenvalue weighted by Crippen LogP contribution is -2.33. The minimum atomic E-state index is -0.850. The van der Waals surface area contributed by atoms with Crippen LogP contribution in [0.15, 0.2) is 82.6 Å². The van der Waals surface area contributed by atoms with E-state index in [0.717, 1.165) is 28.7 Å². The van der Waals surface area contributed by atoms with Gasteiger partial charge >= 0.3 is 4.87 Å². The second-order valence-electron chi connectivity index (χ2n) is 9.62. The molecule has 7 nitrogen and oxygen atoms in total. The van der Waals surface area contributed by atoms with Crippen LogP contribution in [0.3, 0.4) is 0 Å². The molecule has 3 unspecified atom stereocenters. The highest BCUT2D eigenvalue weighted by Crippen LogP contribution is 2.53. The molecule has 3 heterocycles. The SMILES string of the molecule is Cc1ccc(N2C(=O)C3Sc4c(sc(=O)n4CC(=O)Nc4ccc(F)cc4)C(c4ccc(F)cc4)C3C2=O)cc1. The second-order valence-corrected chi connectivity index (χ2v) is 11.7. The lowest BCUT2D eigenvalue weighted by molar-refractivity contribution is -0.122. The topological polar surface area (TPSA) is 88.5 Å². The summed E-state index contributed by atoms with van der Waals surface area (Å²) in [6.45, 7) is 1.56. The third-order valence-corrected chi connectivity index (χ3v) is 9.60. The van der Waals surface area contributed by atoms with Gasteiger partial charge in [0, 0.05) is 16.5 Å². The molecule has 1 fully saturated rings. The molecule has 0 radical (unpaired) electrons. The van der Waals surface area contributed by atoms with Gasteiger partial charge in [0.05, 0.1) is 16.6 Å². The predicted molar refractivity (Wildman–Crippen MR) is 149 cm³/mol. The van der Waals surface area contributed by atoms with Crippen LogP contribution in [0.2, 0.25) is 0 Å². The Labute approximate surface area is 235 Å². The monoisotopic (exact) mass is 577 g/mol. The number of imide groups is 1.